The lowest BCUT2D eigenvalue weighted by molar-refractivity contribution is -0.113. The molecule has 0 saturated heterocycles. The van der Waals surface area contributed by atoms with E-state index in [1.165, 1.54) is 0 Å². The van der Waals surface area contributed by atoms with Gasteiger partial charge in [-0.05, 0) is 38.2 Å². The predicted molar refractivity (Wildman–Crippen MR) is 119 cm³/mol. The van der Waals surface area contributed by atoms with Crippen LogP contribution in [0.25, 0.3) is 0 Å². The Morgan fingerprint density at radius 1 is 1.23 bits per heavy atom. The van der Waals surface area contributed by atoms with Crippen molar-refractivity contribution in [3.8, 4) is 0 Å². The molecular formula is C21H25N7OS. The lowest BCUT2D eigenvalue weighted by atomic mass is 9.95. The topological polar surface area (TPSA) is 89.7 Å². The zero-order valence-electron chi connectivity index (χ0n) is 17.7. The van der Waals surface area contributed by atoms with Crippen molar-refractivity contribution < 1.29 is 4.79 Å². The van der Waals surface area contributed by atoms with Gasteiger partial charge in [0.05, 0.1) is 11.3 Å². The number of para-hydroxylation sites is 1. The minimum Gasteiger partial charge on any atom is -0.328 e. The number of hydrogen-bond acceptors (Lipinski definition) is 6. The summed E-state index contributed by atoms with van der Waals surface area (Å²) in [6.07, 6.45) is 1.94. The molecule has 1 amide bonds. The summed E-state index contributed by atoms with van der Waals surface area (Å²) >= 11 is 1.57. The summed E-state index contributed by atoms with van der Waals surface area (Å²) in [6.45, 7) is 7.88. The molecule has 0 aliphatic carbocycles. The van der Waals surface area contributed by atoms with Crippen molar-refractivity contribution in [3.63, 3.8) is 0 Å². The smallest absolute Gasteiger partial charge is 0.255 e. The third-order valence-electron chi connectivity index (χ3n) is 5.09. The first-order chi connectivity index (χ1) is 14.4. The number of aryl methyl sites for hydroxylation is 3. The number of hydrogen-bond donors (Lipinski definition) is 2. The van der Waals surface area contributed by atoms with Crippen molar-refractivity contribution >= 4 is 29.3 Å². The number of amides is 1. The summed E-state index contributed by atoms with van der Waals surface area (Å²) in [5.74, 6) is 1.32. The fourth-order valence-corrected chi connectivity index (χ4v) is 4.25. The number of fused-ring (bicyclic) bond motifs is 1. The van der Waals surface area contributed by atoms with Crippen molar-refractivity contribution in [2.45, 2.75) is 38.9 Å². The number of aromatic nitrogens is 5. The Labute approximate surface area is 179 Å². The van der Waals surface area contributed by atoms with E-state index >= 15 is 0 Å². The maximum atomic E-state index is 13.5. The molecule has 1 aromatic carbocycles. The lowest BCUT2D eigenvalue weighted by Crippen LogP contribution is -2.31. The van der Waals surface area contributed by atoms with Gasteiger partial charge >= 0.3 is 0 Å². The molecule has 2 N–H and O–H groups in total. The summed E-state index contributed by atoms with van der Waals surface area (Å²) in [5, 5.41) is 16.2. The van der Waals surface area contributed by atoms with Crippen LogP contribution in [0.5, 0.6) is 0 Å². The fourth-order valence-electron chi connectivity index (χ4n) is 3.69. The highest BCUT2D eigenvalue weighted by molar-refractivity contribution is 7.99. The maximum absolute atomic E-state index is 13.5. The van der Waals surface area contributed by atoms with Gasteiger partial charge in [-0.25, -0.2) is 4.68 Å². The van der Waals surface area contributed by atoms with Gasteiger partial charge in [0.25, 0.3) is 5.91 Å². The lowest BCUT2D eigenvalue weighted by Gasteiger charge is -2.28. The van der Waals surface area contributed by atoms with E-state index in [1.807, 2.05) is 58.3 Å². The SMILES string of the molecule is CCSc1nc2n(n1)C(c1cn(C)nc1C)C(C(=O)Nc1ccccc1C)=C(C)N2. The van der Waals surface area contributed by atoms with Crippen molar-refractivity contribution in [2.75, 3.05) is 16.4 Å². The highest BCUT2D eigenvalue weighted by Gasteiger charge is 2.36. The van der Waals surface area contributed by atoms with E-state index in [2.05, 4.69) is 27.6 Å². The van der Waals surface area contributed by atoms with Crippen LogP contribution in [0.4, 0.5) is 11.6 Å². The van der Waals surface area contributed by atoms with Gasteiger partial charge in [-0.3, -0.25) is 9.48 Å². The first kappa shape index (κ1) is 20.2. The number of thioether (sulfide) groups is 1. The molecule has 156 valence electrons. The molecule has 3 aromatic rings. The fraction of sp³-hybridized carbons (Fsp3) is 0.333. The van der Waals surface area contributed by atoms with Gasteiger partial charge in [0.1, 0.15) is 6.04 Å². The van der Waals surface area contributed by atoms with E-state index < -0.39 is 6.04 Å². The molecule has 1 atom stereocenters. The van der Waals surface area contributed by atoms with Crippen LogP contribution in [0.2, 0.25) is 0 Å². The quantitative estimate of drug-likeness (QED) is 0.609. The summed E-state index contributed by atoms with van der Waals surface area (Å²) in [7, 11) is 1.88. The summed E-state index contributed by atoms with van der Waals surface area (Å²) in [4.78, 5) is 18.1. The van der Waals surface area contributed by atoms with Gasteiger partial charge in [-0.2, -0.15) is 10.1 Å². The van der Waals surface area contributed by atoms with E-state index in [4.69, 9.17) is 5.10 Å². The summed E-state index contributed by atoms with van der Waals surface area (Å²) in [5.41, 5.74) is 4.92. The first-order valence-electron chi connectivity index (χ1n) is 9.83. The molecule has 0 bridgehead atoms. The van der Waals surface area contributed by atoms with Crippen LogP contribution in [0.15, 0.2) is 46.9 Å². The normalized spacial score (nSPS) is 15.7. The Hall–Kier alpha value is -3.07. The van der Waals surface area contributed by atoms with E-state index in [0.717, 1.165) is 34.0 Å². The number of allylic oxidation sites excluding steroid dienone is 1. The van der Waals surface area contributed by atoms with Gasteiger partial charge in [0.15, 0.2) is 0 Å². The highest BCUT2D eigenvalue weighted by atomic mass is 32.2. The van der Waals surface area contributed by atoms with Crippen molar-refractivity contribution in [2.24, 2.45) is 7.05 Å². The largest absolute Gasteiger partial charge is 0.328 e. The molecule has 0 radical (unpaired) electrons. The Kier molecular flexibility index (Phi) is 5.38. The Morgan fingerprint density at radius 3 is 2.67 bits per heavy atom. The minimum atomic E-state index is -0.419. The molecule has 1 unspecified atom stereocenters. The second-order valence-corrected chi connectivity index (χ2v) is 8.51. The number of benzene rings is 1. The van der Waals surface area contributed by atoms with E-state index in [-0.39, 0.29) is 5.91 Å². The van der Waals surface area contributed by atoms with Crippen LogP contribution < -0.4 is 10.6 Å². The zero-order chi connectivity index (χ0) is 21.4. The van der Waals surface area contributed by atoms with E-state index in [1.54, 1.807) is 21.1 Å². The molecule has 0 saturated carbocycles. The second kappa shape index (κ2) is 7.98. The molecule has 0 fully saturated rings. The molecule has 1 aliphatic heterocycles. The third kappa shape index (κ3) is 3.60. The average molecular weight is 424 g/mol. The first-order valence-corrected chi connectivity index (χ1v) is 10.8. The summed E-state index contributed by atoms with van der Waals surface area (Å²) < 4.78 is 3.55. The number of carbonyl (C=O) groups excluding carboxylic acids is 1. The highest BCUT2D eigenvalue weighted by Crippen LogP contribution is 2.37. The van der Waals surface area contributed by atoms with Gasteiger partial charge in [-0.1, -0.05) is 36.9 Å². The molecule has 2 aromatic heterocycles. The van der Waals surface area contributed by atoms with Crippen LogP contribution in [-0.2, 0) is 11.8 Å². The molecular weight excluding hydrogens is 398 g/mol. The average Bonchev–Trinajstić information content (AvgIpc) is 3.24. The molecule has 4 rings (SSSR count). The van der Waals surface area contributed by atoms with Crippen LogP contribution in [-0.4, -0.2) is 36.2 Å². The number of nitrogens with zero attached hydrogens (tertiary/aromatic N) is 5. The van der Waals surface area contributed by atoms with Crippen LogP contribution in [0, 0.1) is 13.8 Å². The minimum absolute atomic E-state index is 0.173. The van der Waals surface area contributed by atoms with Gasteiger partial charge in [-0.15, -0.1) is 5.10 Å². The van der Waals surface area contributed by atoms with Gasteiger partial charge in [0, 0.05) is 30.2 Å². The number of anilines is 2. The van der Waals surface area contributed by atoms with Gasteiger partial charge < -0.3 is 10.6 Å². The summed E-state index contributed by atoms with van der Waals surface area (Å²) in [6, 6.07) is 7.32. The zero-order valence-corrected chi connectivity index (χ0v) is 18.5. The number of nitrogens with one attached hydrogen (secondary N) is 2. The van der Waals surface area contributed by atoms with Crippen molar-refractivity contribution in [1.82, 2.24) is 24.5 Å². The standard InChI is InChI=1S/C21H25N7OS/c1-6-30-21-24-20-22-14(4)17(19(29)23-16-10-8-7-9-12(16)2)18(28(20)26-21)15-11-27(5)25-13(15)3/h7-11,18H,6H2,1-5H3,(H,23,29)(H,22,24,26). The maximum Gasteiger partial charge on any atom is 0.255 e. The predicted octanol–water partition coefficient (Wildman–Crippen LogP) is 3.67. The van der Waals surface area contributed by atoms with Crippen LogP contribution in [0.1, 0.15) is 36.7 Å². The molecule has 9 heteroatoms. The number of rotatable bonds is 5. The van der Waals surface area contributed by atoms with Crippen molar-refractivity contribution in [3.05, 3.63) is 58.6 Å². The third-order valence-corrected chi connectivity index (χ3v) is 5.81. The Morgan fingerprint density at radius 2 is 2.00 bits per heavy atom. The molecule has 8 nitrogen and oxygen atoms in total. The second-order valence-electron chi connectivity index (χ2n) is 7.27. The molecule has 30 heavy (non-hydrogen) atoms. The number of carbonyl (C=O) groups is 1. The van der Waals surface area contributed by atoms with Crippen LogP contribution in [0.3, 0.4) is 0 Å². The van der Waals surface area contributed by atoms with Crippen molar-refractivity contribution in [1.29, 1.82) is 0 Å². The Bertz CT molecular complexity index is 1140. The molecule has 3 heterocycles. The molecule has 0 spiro atoms. The van der Waals surface area contributed by atoms with E-state index in [0.29, 0.717) is 16.7 Å². The van der Waals surface area contributed by atoms with Crippen LogP contribution >= 0.6 is 11.8 Å². The monoisotopic (exact) mass is 423 g/mol. The Balaban J connectivity index is 1.81. The van der Waals surface area contributed by atoms with E-state index in [9.17, 15) is 4.79 Å². The molecule has 1 aliphatic rings. The van der Waals surface area contributed by atoms with Gasteiger partial charge in [0.2, 0.25) is 11.1 Å².